The van der Waals surface area contributed by atoms with Crippen LogP contribution in [0.15, 0.2) is 53.2 Å². The van der Waals surface area contributed by atoms with Gasteiger partial charge in [0.25, 0.3) is 0 Å². The summed E-state index contributed by atoms with van der Waals surface area (Å²) in [5.74, 6) is 1.26. The number of rotatable bonds is 7. The second-order valence-corrected chi connectivity index (χ2v) is 7.40. The van der Waals surface area contributed by atoms with Gasteiger partial charge in [-0.3, -0.25) is 9.98 Å². The molecule has 0 aliphatic heterocycles. The van der Waals surface area contributed by atoms with Crippen molar-refractivity contribution in [2.45, 2.75) is 52.9 Å². The van der Waals surface area contributed by atoms with Gasteiger partial charge in [0.05, 0.1) is 0 Å². The minimum absolute atomic E-state index is 0.617. The zero-order valence-corrected chi connectivity index (χ0v) is 16.5. The Morgan fingerprint density at radius 3 is 2.77 bits per heavy atom. The van der Waals surface area contributed by atoms with Gasteiger partial charge in [0.1, 0.15) is 0 Å². The molecule has 1 aromatic carbocycles. The number of hydrogen-bond acceptors (Lipinski definition) is 2. The zero-order chi connectivity index (χ0) is 18.5. The molecule has 0 radical (unpaired) electrons. The zero-order valence-electron chi connectivity index (χ0n) is 16.5. The Bertz CT molecular complexity index is 799. The van der Waals surface area contributed by atoms with E-state index in [4.69, 9.17) is 0 Å². The van der Waals surface area contributed by atoms with E-state index in [0.29, 0.717) is 11.8 Å². The highest BCUT2D eigenvalue weighted by Crippen LogP contribution is 2.53. The Hall–Kier alpha value is -2.22. The fourth-order valence-corrected chi connectivity index (χ4v) is 3.58. The lowest BCUT2D eigenvalue weighted by Gasteiger charge is -2.12. The number of allylic oxidation sites excluding steroid dienone is 2. The Morgan fingerprint density at radius 2 is 2.08 bits per heavy atom. The largest absolute Gasteiger partial charge is 0.293 e. The quantitative estimate of drug-likeness (QED) is 0.552. The van der Waals surface area contributed by atoms with Crippen LogP contribution in [0.1, 0.15) is 56.4 Å². The van der Waals surface area contributed by atoms with Crippen LogP contribution in [0.25, 0.3) is 11.1 Å². The fourth-order valence-electron chi connectivity index (χ4n) is 3.58. The topological polar surface area (TPSA) is 25.2 Å². The summed E-state index contributed by atoms with van der Waals surface area (Å²) in [7, 11) is 0. The summed E-state index contributed by atoms with van der Waals surface area (Å²) in [6.07, 6.45) is 9.54. The maximum atomic E-state index is 4.60. The molecule has 3 rings (SSSR count). The molecule has 2 heteroatoms. The van der Waals surface area contributed by atoms with Crippen LogP contribution in [0.3, 0.4) is 0 Å². The molecule has 1 heterocycles. The van der Waals surface area contributed by atoms with Gasteiger partial charge in [0.15, 0.2) is 0 Å². The second kappa shape index (κ2) is 8.44. The average molecular weight is 347 g/mol. The van der Waals surface area contributed by atoms with E-state index in [1.54, 1.807) is 0 Å². The molecule has 1 aliphatic carbocycles. The van der Waals surface area contributed by atoms with Crippen LogP contribution in [0, 0.1) is 12.8 Å². The van der Waals surface area contributed by atoms with E-state index in [1.807, 2.05) is 12.4 Å². The van der Waals surface area contributed by atoms with Crippen LogP contribution in [0.2, 0.25) is 0 Å². The molecule has 2 nitrogen and oxygen atoms in total. The van der Waals surface area contributed by atoms with Crippen LogP contribution < -0.4 is 0 Å². The lowest BCUT2D eigenvalue weighted by atomic mass is 9.94. The van der Waals surface area contributed by atoms with E-state index >= 15 is 0 Å². The van der Waals surface area contributed by atoms with Gasteiger partial charge in [-0.15, -0.1) is 0 Å². The third kappa shape index (κ3) is 4.30. The smallest absolute Gasteiger partial charge is 0.0401 e. The minimum atomic E-state index is 0.617. The Balaban J connectivity index is 1.83. The summed E-state index contributed by atoms with van der Waals surface area (Å²) in [6.45, 7) is 9.65. The van der Waals surface area contributed by atoms with Crippen LogP contribution >= 0.6 is 0 Å². The predicted octanol–water partition coefficient (Wildman–Crippen LogP) is 6.15. The van der Waals surface area contributed by atoms with Crippen molar-refractivity contribution in [2.24, 2.45) is 10.9 Å². The molecular weight excluding hydrogens is 316 g/mol. The maximum absolute atomic E-state index is 4.60. The first-order chi connectivity index (χ1) is 12.6. The van der Waals surface area contributed by atoms with Gasteiger partial charge >= 0.3 is 0 Å². The number of benzene rings is 1. The summed E-state index contributed by atoms with van der Waals surface area (Å²) >= 11 is 0. The van der Waals surface area contributed by atoms with Gasteiger partial charge in [0, 0.05) is 30.2 Å². The highest BCUT2D eigenvalue weighted by molar-refractivity contribution is 5.73. The number of hydrogen-bond donors (Lipinski definition) is 0. The predicted molar refractivity (Wildman–Crippen MR) is 112 cm³/mol. The fraction of sp³-hybridized carbons (Fsp3) is 0.417. The lowest BCUT2D eigenvalue weighted by Crippen LogP contribution is -1.94. The molecular formula is C24H30N2. The Kier molecular flexibility index (Phi) is 6.03. The molecule has 1 fully saturated rings. The summed E-state index contributed by atoms with van der Waals surface area (Å²) in [6, 6.07) is 11.2. The first-order valence-electron chi connectivity index (χ1n) is 9.86. The molecule has 0 bridgehead atoms. The lowest BCUT2D eigenvalue weighted by molar-refractivity contribution is 0.931. The monoisotopic (exact) mass is 346 g/mol. The standard InChI is InChI=1S/C24H30N2/c1-5-12-25-13-11-18(4)22-15-24(22)23-14-17(3)7-10-21(23)19-8-9-20(6-2)26-16-19/h7-11,13-14,16,22,24H,5-6,12,15H2,1-4H3/b18-11+,25-13?. The van der Waals surface area contributed by atoms with Gasteiger partial charge in [-0.2, -0.15) is 0 Å². The molecule has 2 unspecified atom stereocenters. The van der Waals surface area contributed by atoms with E-state index in [-0.39, 0.29) is 0 Å². The first kappa shape index (κ1) is 18.6. The second-order valence-electron chi connectivity index (χ2n) is 7.40. The molecule has 0 spiro atoms. The van der Waals surface area contributed by atoms with Gasteiger partial charge in [-0.05, 0) is 68.2 Å². The van der Waals surface area contributed by atoms with Crippen LogP contribution in [0.5, 0.6) is 0 Å². The van der Waals surface area contributed by atoms with Gasteiger partial charge in [-0.1, -0.05) is 49.2 Å². The van der Waals surface area contributed by atoms with E-state index in [1.165, 1.54) is 34.2 Å². The first-order valence-corrected chi connectivity index (χ1v) is 9.86. The molecule has 2 aromatic rings. The molecule has 26 heavy (non-hydrogen) atoms. The average Bonchev–Trinajstić information content (AvgIpc) is 3.46. The summed E-state index contributed by atoms with van der Waals surface area (Å²) in [5, 5.41) is 0. The number of nitrogens with zero attached hydrogens (tertiary/aromatic N) is 2. The number of aryl methyl sites for hydroxylation is 2. The van der Waals surface area contributed by atoms with Crippen molar-refractivity contribution in [2.75, 3.05) is 6.54 Å². The van der Waals surface area contributed by atoms with Gasteiger partial charge < -0.3 is 0 Å². The number of pyridine rings is 1. The number of aliphatic imine (C=N–C) groups is 1. The molecule has 136 valence electrons. The van der Waals surface area contributed by atoms with Crippen LogP contribution in [-0.4, -0.2) is 17.7 Å². The molecule has 2 atom stereocenters. The maximum Gasteiger partial charge on any atom is 0.0401 e. The highest BCUT2D eigenvalue weighted by Gasteiger charge is 2.40. The SMILES string of the molecule is CCCN=C/C=C(\C)C1CC1c1cc(C)ccc1-c1ccc(CC)nc1. The Labute approximate surface area is 158 Å². The Morgan fingerprint density at radius 1 is 1.23 bits per heavy atom. The van der Waals surface area contributed by atoms with E-state index < -0.39 is 0 Å². The molecule has 1 aliphatic rings. The number of aromatic nitrogens is 1. The van der Waals surface area contributed by atoms with Crippen molar-refractivity contribution >= 4 is 6.21 Å². The van der Waals surface area contributed by atoms with Crippen molar-refractivity contribution in [3.05, 3.63) is 65.0 Å². The summed E-state index contributed by atoms with van der Waals surface area (Å²) < 4.78 is 0. The third-order valence-corrected chi connectivity index (χ3v) is 5.28. The minimum Gasteiger partial charge on any atom is -0.293 e. The molecule has 0 saturated heterocycles. The van der Waals surface area contributed by atoms with Crippen LogP contribution in [0.4, 0.5) is 0 Å². The highest BCUT2D eigenvalue weighted by atomic mass is 14.7. The summed E-state index contributed by atoms with van der Waals surface area (Å²) in [5.41, 5.74) is 7.97. The van der Waals surface area contributed by atoms with Crippen molar-refractivity contribution < 1.29 is 0 Å². The molecule has 1 aromatic heterocycles. The molecule has 0 N–H and O–H groups in total. The van der Waals surface area contributed by atoms with Crippen molar-refractivity contribution in [1.29, 1.82) is 0 Å². The van der Waals surface area contributed by atoms with Crippen molar-refractivity contribution in [3.8, 4) is 11.1 Å². The van der Waals surface area contributed by atoms with Gasteiger partial charge in [0.2, 0.25) is 0 Å². The third-order valence-electron chi connectivity index (χ3n) is 5.28. The summed E-state index contributed by atoms with van der Waals surface area (Å²) in [4.78, 5) is 9.02. The van der Waals surface area contributed by atoms with Crippen molar-refractivity contribution in [3.63, 3.8) is 0 Å². The van der Waals surface area contributed by atoms with Crippen molar-refractivity contribution in [1.82, 2.24) is 4.98 Å². The normalized spacial score (nSPS) is 19.9. The molecule has 0 amide bonds. The van der Waals surface area contributed by atoms with E-state index in [0.717, 1.165) is 25.1 Å². The molecule has 1 saturated carbocycles. The van der Waals surface area contributed by atoms with E-state index in [9.17, 15) is 0 Å². The van der Waals surface area contributed by atoms with E-state index in [2.05, 4.69) is 74.1 Å². The van der Waals surface area contributed by atoms with Gasteiger partial charge in [-0.25, -0.2) is 0 Å². The van der Waals surface area contributed by atoms with Crippen LogP contribution in [-0.2, 0) is 6.42 Å².